The summed E-state index contributed by atoms with van der Waals surface area (Å²) >= 11 is 0. The molecule has 0 radical (unpaired) electrons. The van der Waals surface area contributed by atoms with Crippen LogP contribution in [0.1, 0.15) is 11.3 Å². The molecule has 0 amide bonds. The molecule has 2 heterocycles. The van der Waals surface area contributed by atoms with Crippen molar-refractivity contribution in [1.29, 1.82) is 5.26 Å². The molecule has 0 aliphatic rings. The number of nitriles is 1. The van der Waals surface area contributed by atoms with E-state index >= 15 is 0 Å². The molecule has 0 fully saturated rings. The first kappa shape index (κ1) is 11.3. The molecule has 2 aromatic heterocycles. The zero-order valence-electron chi connectivity index (χ0n) is 10.3. The van der Waals surface area contributed by atoms with Crippen LogP contribution in [-0.2, 0) is 6.54 Å². The highest BCUT2D eigenvalue weighted by atomic mass is 15.3. The first-order valence-corrected chi connectivity index (χ1v) is 6.01. The van der Waals surface area contributed by atoms with Crippen LogP contribution in [0.5, 0.6) is 0 Å². The molecule has 0 aliphatic carbocycles. The highest BCUT2D eigenvalue weighted by molar-refractivity contribution is 5.31. The van der Waals surface area contributed by atoms with Gasteiger partial charge in [-0.1, -0.05) is 18.2 Å². The Morgan fingerprint density at radius 2 is 1.95 bits per heavy atom. The van der Waals surface area contributed by atoms with Crippen LogP contribution >= 0.6 is 0 Å². The first-order chi connectivity index (χ1) is 9.36. The molecular weight excluding hydrogens is 236 g/mol. The van der Waals surface area contributed by atoms with Gasteiger partial charge in [0.15, 0.2) is 0 Å². The van der Waals surface area contributed by atoms with Crippen LogP contribution in [0, 0.1) is 11.3 Å². The van der Waals surface area contributed by atoms with Crippen molar-refractivity contribution in [2.75, 3.05) is 0 Å². The number of nitrogens with zero attached hydrogens (tertiary/aromatic N) is 4. The van der Waals surface area contributed by atoms with Gasteiger partial charge in [0.1, 0.15) is 11.8 Å². The van der Waals surface area contributed by atoms with E-state index in [0.29, 0.717) is 12.2 Å². The standard InChI is InChI=1S/C15H12N4/c16-9-15-7-4-8-18(15)11-13-10-17-19(12-13)14-5-2-1-3-6-14/h1-8,10,12H,11H2. The fourth-order valence-electron chi connectivity index (χ4n) is 2.01. The van der Waals surface area contributed by atoms with Gasteiger partial charge < -0.3 is 4.57 Å². The van der Waals surface area contributed by atoms with Crippen molar-refractivity contribution in [2.24, 2.45) is 0 Å². The molecule has 0 saturated heterocycles. The molecule has 0 N–H and O–H groups in total. The van der Waals surface area contributed by atoms with Crippen molar-refractivity contribution in [3.05, 3.63) is 72.3 Å². The lowest BCUT2D eigenvalue weighted by molar-refractivity contribution is 0.792. The quantitative estimate of drug-likeness (QED) is 0.715. The molecule has 0 saturated carbocycles. The van der Waals surface area contributed by atoms with Crippen LogP contribution in [-0.4, -0.2) is 14.3 Å². The second kappa shape index (κ2) is 4.83. The average molecular weight is 248 g/mol. The van der Waals surface area contributed by atoms with E-state index in [1.165, 1.54) is 0 Å². The highest BCUT2D eigenvalue weighted by Crippen LogP contribution is 2.10. The van der Waals surface area contributed by atoms with E-state index in [1.807, 2.05) is 70.3 Å². The van der Waals surface area contributed by atoms with Crippen molar-refractivity contribution < 1.29 is 0 Å². The number of benzene rings is 1. The summed E-state index contributed by atoms with van der Waals surface area (Å²) in [6.45, 7) is 0.655. The number of rotatable bonds is 3. The third-order valence-corrected chi connectivity index (χ3v) is 2.95. The normalized spacial score (nSPS) is 10.3. The van der Waals surface area contributed by atoms with E-state index in [0.717, 1.165) is 11.3 Å². The van der Waals surface area contributed by atoms with Crippen molar-refractivity contribution in [2.45, 2.75) is 6.54 Å². The third kappa shape index (κ3) is 2.26. The maximum atomic E-state index is 8.98. The summed E-state index contributed by atoms with van der Waals surface area (Å²) in [6, 6.07) is 15.8. The Morgan fingerprint density at radius 3 is 2.74 bits per heavy atom. The minimum Gasteiger partial charge on any atom is -0.335 e. The topological polar surface area (TPSA) is 46.5 Å². The van der Waals surface area contributed by atoms with Gasteiger partial charge in [-0.05, 0) is 24.3 Å². The molecule has 1 aromatic carbocycles. The van der Waals surface area contributed by atoms with Crippen molar-refractivity contribution in [3.63, 3.8) is 0 Å². The first-order valence-electron chi connectivity index (χ1n) is 6.01. The second-order valence-corrected chi connectivity index (χ2v) is 4.26. The lowest BCUT2D eigenvalue weighted by Crippen LogP contribution is -1.99. The Hall–Kier alpha value is -2.80. The number of para-hydroxylation sites is 1. The van der Waals surface area contributed by atoms with Gasteiger partial charge >= 0.3 is 0 Å². The van der Waals surface area contributed by atoms with Gasteiger partial charge in [0, 0.05) is 18.0 Å². The summed E-state index contributed by atoms with van der Waals surface area (Å²) in [7, 11) is 0. The van der Waals surface area contributed by atoms with Crippen molar-refractivity contribution in [1.82, 2.24) is 14.3 Å². The second-order valence-electron chi connectivity index (χ2n) is 4.26. The summed E-state index contributed by atoms with van der Waals surface area (Å²) in [5.74, 6) is 0. The van der Waals surface area contributed by atoms with Gasteiger partial charge in [-0.25, -0.2) is 4.68 Å². The molecule has 3 aromatic rings. The minimum atomic E-state index is 0.655. The van der Waals surface area contributed by atoms with Crippen LogP contribution in [0.15, 0.2) is 61.1 Å². The Bertz CT molecular complexity index is 716. The van der Waals surface area contributed by atoms with E-state index < -0.39 is 0 Å². The van der Waals surface area contributed by atoms with E-state index in [4.69, 9.17) is 5.26 Å². The van der Waals surface area contributed by atoms with Crippen LogP contribution in [0.2, 0.25) is 0 Å². The molecule has 19 heavy (non-hydrogen) atoms. The van der Waals surface area contributed by atoms with E-state index in [-0.39, 0.29) is 0 Å². The molecule has 4 nitrogen and oxygen atoms in total. The van der Waals surface area contributed by atoms with Gasteiger partial charge in [0.25, 0.3) is 0 Å². The summed E-state index contributed by atoms with van der Waals surface area (Å²) in [4.78, 5) is 0. The van der Waals surface area contributed by atoms with Gasteiger partial charge in [0.05, 0.1) is 18.4 Å². The zero-order chi connectivity index (χ0) is 13.1. The predicted octanol–water partition coefficient (Wildman–Crippen LogP) is 2.59. The Labute approximate surface area is 111 Å². The number of aromatic nitrogens is 3. The SMILES string of the molecule is N#Cc1cccn1Cc1cnn(-c2ccccc2)c1. The van der Waals surface area contributed by atoms with Crippen molar-refractivity contribution >= 4 is 0 Å². The lowest BCUT2D eigenvalue weighted by Gasteiger charge is -2.02. The highest BCUT2D eigenvalue weighted by Gasteiger charge is 2.04. The molecule has 4 heteroatoms. The van der Waals surface area contributed by atoms with E-state index in [2.05, 4.69) is 11.2 Å². The largest absolute Gasteiger partial charge is 0.335 e. The summed E-state index contributed by atoms with van der Waals surface area (Å²) in [5, 5.41) is 13.3. The average Bonchev–Trinajstić information content (AvgIpc) is 3.09. The fourth-order valence-corrected chi connectivity index (χ4v) is 2.01. The van der Waals surface area contributed by atoms with E-state index in [1.54, 1.807) is 0 Å². The molecular formula is C15H12N4. The molecule has 0 bridgehead atoms. The van der Waals surface area contributed by atoms with Crippen LogP contribution in [0.4, 0.5) is 0 Å². The monoisotopic (exact) mass is 248 g/mol. The lowest BCUT2D eigenvalue weighted by atomic mass is 10.3. The molecule has 0 atom stereocenters. The number of hydrogen-bond acceptors (Lipinski definition) is 2. The fraction of sp³-hybridized carbons (Fsp3) is 0.0667. The van der Waals surface area contributed by atoms with Crippen LogP contribution < -0.4 is 0 Å². The summed E-state index contributed by atoms with van der Waals surface area (Å²) in [6.07, 6.45) is 5.71. The third-order valence-electron chi connectivity index (χ3n) is 2.95. The smallest absolute Gasteiger partial charge is 0.120 e. The molecule has 0 unspecified atom stereocenters. The Balaban J connectivity index is 1.85. The van der Waals surface area contributed by atoms with Crippen molar-refractivity contribution in [3.8, 4) is 11.8 Å². The molecule has 92 valence electrons. The molecule has 0 spiro atoms. The van der Waals surface area contributed by atoms with Gasteiger partial charge in [-0.15, -0.1) is 0 Å². The van der Waals surface area contributed by atoms with Gasteiger partial charge in [0.2, 0.25) is 0 Å². The van der Waals surface area contributed by atoms with Gasteiger partial charge in [-0.2, -0.15) is 10.4 Å². The zero-order valence-corrected chi connectivity index (χ0v) is 10.3. The molecule has 3 rings (SSSR count). The Kier molecular flexibility index (Phi) is 2.87. The van der Waals surface area contributed by atoms with Crippen LogP contribution in [0.25, 0.3) is 5.69 Å². The summed E-state index contributed by atoms with van der Waals surface area (Å²) in [5.41, 5.74) is 2.76. The summed E-state index contributed by atoms with van der Waals surface area (Å²) < 4.78 is 3.75. The van der Waals surface area contributed by atoms with Gasteiger partial charge in [-0.3, -0.25) is 0 Å². The maximum Gasteiger partial charge on any atom is 0.120 e. The van der Waals surface area contributed by atoms with E-state index in [9.17, 15) is 0 Å². The Morgan fingerprint density at radius 1 is 1.11 bits per heavy atom. The maximum absolute atomic E-state index is 8.98. The number of hydrogen-bond donors (Lipinski definition) is 0. The predicted molar refractivity (Wildman–Crippen MR) is 71.8 cm³/mol. The minimum absolute atomic E-state index is 0.655. The molecule has 0 aliphatic heterocycles. The van der Waals surface area contributed by atoms with Crippen LogP contribution in [0.3, 0.4) is 0 Å².